The van der Waals surface area contributed by atoms with Gasteiger partial charge in [0.2, 0.25) is 5.13 Å². The molecule has 1 N–H and O–H groups in total. The number of hydrogen-bond acceptors (Lipinski definition) is 7. The van der Waals surface area contributed by atoms with E-state index in [0.717, 1.165) is 16.5 Å². The molecular formula is C21H21N5O3S. The molecule has 1 aromatic heterocycles. The molecule has 3 aromatic rings. The summed E-state index contributed by atoms with van der Waals surface area (Å²) in [6.45, 7) is 2.50. The molecule has 1 saturated heterocycles. The third-order valence-corrected chi connectivity index (χ3v) is 5.60. The number of hydrogen-bond donors (Lipinski definition) is 1. The lowest BCUT2D eigenvalue weighted by Crippen LogP contribution is -2.50. The van der Waals surface area contributed by atoms with E-state index >= 15 is 0 Å². The number of aromatic nitrogens is 2. The summed E-state index contributed by atoms with van der Waals surface area (Å²) in [5, 5.41) is 3.71. The minimum Gasteiger partial charge on any atom is -0.465 e. The Balaban J connectivity index is 1.34. The molecule has 8 nitrogen and oxygen atoms in total. The monoisotopic (exact) mass is 423 g/mol. The Morgan fingerprint density at radius 3 is 2.53 bits per heavy atom. The normalized spacial score (nSPS) is 13.8. The van der Waals surface area contributed by atoms with Crippen molar-refractivity contribution in [1.29, 1.82) is 0 Å². The molecule has 1 aliphatic heterocycles. The maximum absolute atomic E-state index is 12.6. The highest BCUT2D eigenvalue weighted by atomic mass is 32.1. The van der Waals surface area contributed by atoms with Gasteiger partial charge in [0, 0.05) is 49.0 Å². The molecule has 30 heavy (non-hydrogen) atoms. The van der Waals surface area contributed by atoms with Crippen LogP contribution in [-0.2, 0) is 4.74 Å². The summed E-state index contributed by atoms with van der Waals surface area (Å²) < 4.78 is 9.18. The smallest absolute Gasteiger partial charge is 0.337 e. The van der Waals surface area contributed by atoms with Crippen molar-refractivity contribution in [3.05, 3.63) is 60.2 Å². The molecule has 0 spiro atoms. The summed E-state index contributed by atoms with van der Waals surface area (Å²) in [7, 11) is 1.33. The Morgan fingerprint density at radius 1 is 1.03 bits per heavy atom. The van der Waals surface area contributed by atoms with Crippen molar-refractivity contribution in [3.8, 4) is 11.4 Å². The molecule has 4 rings (SSSR count). The van der Waals surface area contributed by atoms with Gasteiger partial charge in [0.1, 0.15) is 0 Å². The second-order valence-corrected chi connectivity index (χ2v) is 7.47. The first-order chi connectivity index (χ1) is 14.6. The molecule has 154 valence electrons. The second kappa shape index (κ2) is 8.91. The van der Waals surface area contributed by atoms with Crippen LogP contribution in [-0.4, -0.2) is 59.5 Å². The SMILES string of the molecule is COC(=O)c1cccc(NC(=O)N2CCN(c3nc(-c4ccccc4)ns3)CC2)c1. The van der Waals surface area contributed by atoms with E-state index in [1.807, 2.05) is 30.3 Å². The molecule has 9 heteroatoms. The van der Waals surface area contributed by atoms with E-state index in [0.29, 0.717) is 37.4 Å². The molecule has 2 amide bonds. The van der Waals surface area contributed by atoms with Crippen molar-refractivity contribution in [3.63, 3.8) is 0 Å². The largest absolute Gasteiger partial charge is 0.465 e. The number of methoxy groups -OCH3 is 1. The third-order valence-electron chi connectivity index (χ3n) is 4.82. The molecule has 0 saturated carbocycles. The molecule has 0 radical (unpaired) electrons. The van der Waals surface area contributed by atoms with E-state index in [1.54, 1.807) is 29.2 Å². The quantitative estimate of drug-likeness (QED) is 0.648. The van der Waals surface area contributed by atoms with Crippen LogP contribution in [0.1, 0.15) is 10.4 Å². The molecule has 0 bridgehead atoms. The first-order valence-electron chi connectivity index (χ1n) is 9.52. The molecule has 1 fully saturated rings. The minimum absolute atomic E-state index is 0.195. The van der Waals surface area contributed by atoms with Crippen LogP contribution >= 0.6 is 11.5 Å². The van der Waals surface area contributed by atoms with Crippen LogP contribution in [0.5, 0.6) is 0 Å². The number of carbonyl (C=O) groups excluding carboxylic acids is 2. The van der Waals surface area contributed by atoms with Gasteiger partial charge in [0.05, 0.1) is 12.7 Å². The Kier molecular flexibility index (Phi) is 5.89. The number of ether oxygens (including phenoxy) is 1. The van der Waals surface area contributed by atoms with Gasteiger partial charge in [0.25, 0.3) is 0 Å². The third kappa shape index (κ3) is 4.41. The maximum atomic E-state index is 12.6. The van der Waals surface area contributed by atoms with Crippen LogP contribution in [0.3, 0.4) is 0 Å². The zero-order chi connectivity index (χ0) is 20.9. The fraction of sp³-hybridized carbons (Fsp3) is 0.238. The number of amides is 2. The highest BCUT2D eigenvalue weighted by Crippen LogP contribution is 2.24. The molecule has 2 aromatic carbocycles. The Bertz CT molecular complexity index is 1030. The van der Waals surface area contributed by atoms with E-state index in [1.165, 1.54) is 18.6 Å². The molecule has 0 unspecified atom stereocenters. The Labute approximate surface area is 178 Å². The van der Waals surface area contributed by atoms with Gasteiger partial charge in [-0.2, -0.15) is 9.36 Å². The lowest BCUT2D eigenvalue weighted by Gasteiger charge is -2.34. The van der Waals surface area contributed by atoms with Gasteiger partial charge in [-0.3, -0.25) is 0 Å². The van der Waals surface area contributed by atoms with Crippen LogP contribution in [0.4, 0.5) is 15.6 Å². The predicted molar refractivity (Wildman–Crippen MR) is 116 cm³/mol. The summed E-state index contributed by atoms with van der Waals surface area (Å²) >= 11 is 1.37. The Morgan fingerprint density at radius 2 is 1.80 bits per heavy atom. The molecule has 0 aliphatic carbocycles. The number of anilines is 2. The van der Waals surface area contributed by atoms with Crippen LogP contribution in [0.25, 0.3) is 11.4 Å². The summed E-state index contributed by atoms with van der Waals surface area (Å²) in [5.41, 5.74) is 1.94. The number of rotatable bonds is 4. The summed E-state index contributed by atoms with van der Waals surface area (Å²) in [5.74, 6) is 0.285. The van der Waals surface area contributed by atoms with E-state index < -0.39 is 5.97 Å². The minimum atomic E-state index is -0.438. The fourth-order valence-corrected chi connectivity index (χ4v) is 3.93. The van der Waals surface area contributed by atoms with E-state index in [9.17, 15) is 9.59 Å². The number of urea groups is 1. The van der Waals surface area contributed by atoms with Gasteiger partial charge < -0.3 is 19.9 Å². The highest BCUT2D eigenvalue weighted by molar-refractivity contribution is 7.09. The van der Waals surface area contributed by atoms with Crippen molar-refractivity contribution in [2.75, 3.05) is 43.5 Å². The van der Waals surface area contributed by atoms with E-state index in [-0.39, 0.29) is 6.03 Å². The lowest BCUT2D eigenvalue weighted by molar-refractivity contribution is 0.0600. The standard InChI is InChI=1S/C21H21N5O3S/c1-29-19(27)16-8-5-9-17(14-16)22-20(28)25-10-12-26(13-11-25)21-23-18(24-30-21)15-6-3-2-4-7-15/h2-9,14H,10-13H2,1H3,(H,22,28). The summed E-state index contributed by atoms with van der Waals surface area (Å²) in [6.07, 6.45) is 0. The van der Waals surface area contributed by atoms with Crippen LogP contribution in [0, 0.1) is 0 Å². The van der Waals surface area contributed by atoms with Gasteiger partial charge in [-0.1, -0.05) is 36.4 Å². The number of esters is 1. The number of benzene rings is 2. The van der Waals surface area contributed by atoms with E-state index in [2.05, 4.69) is 19.6 Å². The molecule has 1 aliphatic rings. The van der Waals surface area contributed by atoms with Crippen LogP contribution in [0.2, 0.25) is 0 Å². The van der Waals surface area contributed by atoms with Crippen LogP contribution in [0.15, 0.2) is 54.6 Å². The zero-order valence-electron chi connectivity index (χ0n) is 16.4. The Hall–Kier alpha value is -3.46. The van der Waals surface area contributed by atoms with Gasteiger partial charge in [-0.05, 0) is 18.2 Å². The molecule has 2 heterocycles. The number of carbonyl (C=O) groups is 2. The number of nitrogens with zero attached hydrogens (tertiary/aromatic N) is 4. The van der Waals surface area contributed by atoms with Gasteiger partial charge >= 0.3 is 12.0 Å². The summed E-state index contributed by atoms with van der Waals surface area (Å²) in [6, 6.07) is 16.4. The predicted octanol–water partition coefficient (Wildman–Crippen LogP) is 3.35. The van der Waals surface area contributed by atoms with Crippen molar-refractivity contribution in [1.82, 2.24) is 14.3 Å². The first kappa shape index (κ1) is 19.8. The highest BCUT2D eigenvalue weighted by Gasteiger charge is 2.23. The molecular weight excluding hydrogens is 402 g/mol. The van der Waals surface area contributed by atoms with Gasteiger partial charge in [0.15, 0.2) is 5.82 Å². The summed E-state index contributed by atoms with van der Waals surface area (Å²) in [4.78, 5) is 32.8. The van der Waals surface area contributed by atoms with Crippen LogP contribution < -0.4 is 10.2 Å². The van der Waals surface area contributed by atoms with Crippen molar-refractivity contribution in [2.24, 2.45) is 0 Å². The first-order valence-corrected chi connectivity index (χ1v) is 10.3. The fourth-order valence-electron chi connectivity index (χ4n) is 3.19. The number of nitrogens with one attached hydrogen (secondary N) is 1. The van der Waals surface area contributed by atoms with Gasteiger partial charge in [-0.25, -0.2) is 9.59 Å². The van der Waals surface area contributed by atoms with Crippen molar-refractivity contribution >= 4 is 34.4 Å². The number of piperazine rings is 1. The zero-order valence-corrected chi connectivity index (χ0v) is 17.3. The average Bonchev–Trinajstić information content (AvgIpc) is 3.30. The van der Waals surface area contributed by atoms with Crippen molar-refractivity contribution < 1.29 is 14.3 Å². The maximum Gasteiger partial charge on any atom is 0.337 e. The topological polar surface area (TPSA) is 87.7 Å². The second-order valence-electron chi connectivity index (χ2n) is 6.74. The van der Waals surface area contributed by atoms with Gasteiger partial charge in [-0.15, -0.1) is 0 Å². The average molecular weight is 423 g/mol. The molecule has 0 atom stereocenters. The lowest BCUT2D eigenvalue weighted by atomic mass is 10.2. The van der Waals surface area contributed by atoms with Crippen molar-refractivity contribution in [2.45, 2.75) is 0 Å². The van der Waals surface area contributed by atoms with E-state index in [4.69, 9.17) is 4.74 Å².